The molecule has 1 aromatic rings. The van der Waals surface area contributed by atoms with Gasteiger partial charge in [0.05, 0.1) is 5.69 Å². The second-order valence-corrected chi connectivity index (χ2v) is 7.60. The molecule has 0 aromatic carbocycles. The molecule has 0 unspecified atom stereocenters. The van der Waals surface area contributed by atoms with Gasteiger partial charge in [-0.25, -0.2) is 4.79 Å². The van der Waals surface area contributed by atoms with Crippen LogP contribution in [0, 0.1) is 0 Å². The zero-order valence-corrected chi connectivity index (χ0v) is 15.2. The molecule has 4 heteroatoms. The molecule has 1 saturated carbocycles. The summed E-state index contributed by atoms with van der Waals surface area (Å²) in [6.45, 7) is 13.9. The monoisotopic (exact) mass is 311 g/mol. The molecule has 1 amide bonds. The fourth-order valence-electron chi connectivity index (χ4n) is 1.93. The number of anilines is 1. The number of hydrogen-bond acceptors (Lipinski definition) is 3. The van der Waals surface area contributed by atoms with Crippen LogP contribution >= 0.6 is 11.3 Å². The van der Waals surface area contributed by atoms with Gasteiger partial charge in [-0.1, -0.05) is 27.7 Å². The zero-order valence-electron chi connectivity index (χ0n) is 14.4. The Morgan fingerprint density at radius 1 is 1.33 bits per heavy atom. The van der Waals surface area contributed by atoms with E-state index in [1.165, 1.54) is 22.6 Å². The number of amides is 1. The van der Waals surface area contributed by atoms with Gasteiger partial charge >= 0.3 is 6.09 Å². The fraction of sp³-hybridized carbons (Fsp3) is 0.706. The maximum Gasteiger partial charge on any atom is 0.412 e. The van der Waals surface area contributed by atoms with Gasteiger partial charge < -0.3 is 4.74 Å². The second kappa shape index (κ2) is 7.30. The number of carbonyl (C=O) groups is 1. The summed E-state index contributed by atoms with van der Waals surface area (Å²) in [7, 11) is 0. The summed E-state index contributed by atoms with van der Waals surface area (Å²) in [4.78, 5) is 14.5. The Hall–Kier alpha value is -1.03. The SMILES string of the molecule is CC.CC(C)c1sc(C2CC2)cc1NC(=O)OC(C)(C)C. The minimum absolute atomic E-state index is 0.366. The highest BCUT2D eigenvalue weighted by Crippen LogP contribution is 2.47. The normalized spacial score (nSPS) is 14.5. The summed E-state index contributed by atoms with van der Waals surface area (Å²) in [6.07, 6.45) is 2.20. The van der Waals surface area contributed by atoms with Crippen molar-refractivity contribution >= 4 is 23.1 Å². The Labute approximate surface area is 133 Å². The molecule has 1 aromatic heterocycles. The number of ether oxygens (including phenoxy) is 1. The van der Waals surface area contributed by atoms with E-state index < -0.39 is 5.60 Å². The quantitative estimate of drug-likeness (QED) is 0.730. The third-order valence-corrected chi connectivity index (χ3v) is 4.52. The number of carbonyl (C=O) groups excluding carboxylic acids is 1. The van der Waals surface area contributed by atoms with E-state index >= 15 is 0 Å². The van der Waals surface area contributed by atoms with Gasteiger partial charge in [0.2, 0.25) is 0 Å². The molecule has 1 N–H and O–H groups in total. The van der Waals surface area contributed by atoms with E-state index in [2.05, 4.69) is 25.2 Å². The lowest BCUT2D eigenvalue weighted by atomic mass is 10.1. The largest absolute Gasteiger partial charge is 0.444 e. The van der Waals surface area contributed by atoms with Gasteiger partial charge in [0, 0.05) is 9.75 Å². The highest BCUT2D eigenvalue weighted by Gasteiger charge is 2.28. The highest BCUT2D eigenvalue weighted by atomic mass is 32.1. The third kappa shape index (κ3) is 5.70. The topological polar surface area (TPSA) is 38.3 Å². The lowest BCUT2D eigenvalue weighted by Gasteiger charge is -2.20. The first-order valence-corrected chi connectivity index (χ1v) is 8.71. The molecule has 0 saturated heterocycles. The van der Waals surface area contributed by atoms with Crippen molar-refractivity contribution in [3.8, 4) is 0 Å². The summed E-state index contributed by atoms with van der Waals surface area (Å²) >= 11 is 1.83. The Kier molecular flexibility index (Phi) is 6.26. The van der Waals surface area contributed by atoms with Gasteiger partial charge in [-0.3, -0.25) is 5.32 Å². The number of hydrogen-bond donors (Lipinski definition) is 1. The van der Waals surface area contributed by atoms with Gasteiger partial charge in [0.15, 0.2) is 0 Å². The summed E-state index contributed by atoms with van der Waals surface area (Å²) in [5, 5.41) is 2.90. The van der Waals surface area contributed by atoms with Crippen LogP contribution < -0.4 is 5.32 Å². The molecule has 21 heavy (non-hydrogen) atoms. The molecule has 0 radical (unpaired) electrons. The first kappa shape index (κ1) is 18.0. The van der Waals surface area contributed by atoms with Crippen LogP contribution in [-0.2, 0) is 4.74 Å². The molecule has 0 aliphatic heterocycles. The molecule has 0 bridgehead atoms. The summed E-state index contributed by atoms with van der Waals surface area (Å²) in [6, 6.07) is 2.13. The van der Waals surface area contributed by atoms with Crippen molar-refractivity contribution in [2.45, 2.75) is 78.7 Å². The molecular weight excluding hydrogens is 282 g/mol. The Bertz CT molecular complexity index is 468. The Morgan fingerprint density at radius 3 is 2.33 bits per heavy atom. The first-order valence-electron chi connectivity index (χ1n) is 7.90. The van der Waals surface area contributed by atoms with E-state index in [9.17, 15) is 4.79 Å². The lowest BCUT2D eigenvalue weighted by Crippen LogP contribution is -2.27. The average molecular weight is 311 g/mol. The maximum absolute atomic E-state index is 11.9. The van der Waals surface area contributed by atoms with E-state index in [4.69, 9.17) is 4.74 Å². The van der Waals surface area contributed by atoms with Crippen LogP contribution in [0.4, 0.5) is 10.5 Å². The van der Waals surface area contributed by atoms with Crippen LogP contribution in [-0.4, -0.2) is 11.7 Å². The van der Waals surface area contributed by atoms with Crippen LogP contribution in [0.5, 0.6) is 0 Å². The second-order valence-electron chi connectivity index (χ2n) is 6.48. The molecule has 3 nitrogen and oxygen atoms in total. The zero-order chi connectivity index (χ0) is 16.2. The Balaban J connectivity index is 0.00000106. The first-order chi connectivity index (χ1) is 9.76. The molecule has 1 aliphatic rings. The van der Waals surface area contributed by atoms with Crippen molar-refractivity contribution in [3.05, 3.63) is 15.8 Å². The van der Waals surface area contributed by atoms with E-state index in [0.29, 0.717) is 5.92 Å². The summed E-state index contributed by atoms with van der Waals surface area (Å²) in [5.41, 5.74) is 0.466. The van der Waals surface area contributed by atoms with Crippen molar-refractivity contribution < 1.29 is 9.53 Å². The lowest BCUT2D eigenvalue weighted by molar-refractivity contribution is 0.0636. The van der Waals surface area contributed by atoms with Crippen molar-refractivity contribution in [1.82, 2.24) is 0 Å². The molecule has 1 fully saturated rings. The van der Waals surface area contributed by atoms with E-state index in [-0.39, 0.29) is 6.09 Å². The van der Waals surface area contributed by atoms with Crippen LogP contribution in [0.25, 0.3) is 0 Å². The maximum atomic E-state index is 11.9. The summed E-state index contributed by atoms with van der Waals surface area (Å²) < 4.78 is 5.32. The van der Waals surface area contributed by atoms with Crippen molar-refractivity contribution in [3.63, 3.8) is 0 Å². The number of rotatable bonds is 3. The van der Waals surface area contributed by atoms with Crippen LogP contribution in [0.2, 0.25) is 0 Å². The number of nitrogens with one attached hydrogen (secondary N) is 1. The standard InChI is InChI=1S/C15H23NO2S.C2H6/c1-9(2)13-11(8-12(19-13)10-6-7-10)16-14(17)18-15(3,4)5;1-2/h8-10H,6-7H2,1-5H3,(H,16,17);1-2H3. The minimum atomic E-state index is -0.461. The predicted octanol–water partition coefficient (Wildman–Crippen LogP) is 6.12. The molecule has 2 rings (SSSR count). The van der Waals surface area contributed by atoms with Gasteiger partial charge in [-0.2, -0.15) is 0 Å². The molecule has 1 heterocycles. The van der Waals surface area contributed by atoms with Gasteiger partial charge in [-0.15, -0.1) is 11.3 Å². The van der Waals surface area contributed by atoms with Crippen molar-refractivity contribution in [2.75, 3.05) is 5.32 Å². The fourth-order valence-corrected chi connectivity index (χ4v) is 3.22. The summed E-state index contributed by atoms with van der Waals surface area (Å²) in [5.74, 6) is 1.14. The van der Waals surface area contributed by atoms with Crippen LogP contribution in [0.15, 0.2) is 6.07 Å². The van der Waals surface area contributed by atoms with Crippen molar-refractivity contribution in [1.29, 1.82) is 0 Å². The van der Waals surface area contributed by atoms with E-state index in [1.54, 1.807) is 0 Å². The van der Waals surface area contributed by atoms with Crippen molar-refractivity contribution in [2.24, 2.45) is 0 Å². The van der Waals surface area contributed by atoms with E-state index in [0.717, 1.165) is 11.6 Å². The predicted molar refractivity (Wildman–Crippen MR) is 91.6 cm³/mol. The average Bonchev–Trinajstić information content (AvgIpc) is 3.11. The molecule has 0 atom stereocenters. The number of thiophene rings is 1. The minimum Gasteiger partial charge on any atom is -0.444 e. The molecular formula is C17H29NO2S. The van der Waals surface area contributed by atoms with Gasteiger partial charge in [-0.05, 0) is 51.5 Å². The molecule has 1 aliphatic carbocycles. The van der Waals surface area contributed by atoms with Crippen LogP contribution in [0.1, 0.15) is 82.9 Å². The molecule has 120 valence electrons. The molecule has 0 spiro atoms. The van der Waals surface area contributed by atoms with Gasteiger partial charge in [0.25, 0.3) is 0 Å². The van der Waals surface area contributed by atoms with Crippen LogP contribution in [0.3, 0.4) is 0 Å². The smallest absolute Gasteiger partial charge is 0.412 e. The van der Waals surface area contributed by atoms with Gasteiger partial charge in [0.1, 0.15) is 5.60 Å². The third-order valence-electron chi connectivity index (χ3n) is 2.92. The highest BCUT2D eigenvalue weighted by molar-refractivity contribution is 7.12. The Morgan fingerprint density at radius 2 is 1.90 bits per heavy atom. The van der Waals surface area contributed by atoms with E-state index in [1.807, 2.05) is 46.0 Å².